The second-order valence-electron chi connectivity index (χ2n) is 6.34. The van der Waals surface area contributed by atoms with E-state index in [1.165, 1.54) is 0 Å². The number of hydrogen-bond acceptors (Lipinski definition) is 3. The van der Waals surface area contributed by atoms with Crippen molar-refractivity contribution in [1.82, 2.24) is 14.8 Å². The van der Waals surface area contributed by atoms with Gasteiger partial charge < -0.3 is 9.80 Å². The minimum Gasteiger partial charge on any atom is -0.338 e. The van der Waals surface area contributed by atoms with Crippen molar-refractivity contribution in [1.29, 1.82) is 0 Å². The second kappa shape index (κ2) is 7.92. The lowest BCUT2D eigenvalue weighted by Gasteiger charge is -2.41. The van der Waals surface area contributed by atoms with Crippen molar-refractivity contribution in [3.05, 3.63) is 66.0 Å². The van der Waals surface area contributed by atoms with Crippen LogP contribution in [0.4, 0.5) is 0 Å². The number of benzene rings is 1. The van der Waals surface area contributed by atoms with Crippen molar-refractivity contribution in [2.75, 3.05) is 19.6 Å². The molecule has 1 saturated heterocycles. The summed E-state index contributed by atoms with van der Waals surface area (Å²) in [7, 11) is 0. The number of nitrogens with zero attached hydrogens (tertiary/aromatic N) is 3. The monoisotopic (exact) mass is 337 g/mol. The van der Waals surface area contributed by atoms with Gasteiger partial charge in [-0.25, -0.2) is 0 Å². The first-order valence-corrected chi connectivity index (χ1v) is 8.64. The summed E-state index contributed by atoms with van der Waals surface area (Å²) in [4.78, 5) is 32.4. The van der Waals surface area contributed by atoms with Gasteiger partial charge in [0.25, 0.3) is 0 Å². The number of rotatable bonds is 4. The number of carbonyl (C=O) groups excluding carboxylic acids is 2. The number of aryl methyl sites for hydroxylation is 1. The van der Waals surface area contributed by atoms with Crippen LogP contribution in [0.3, 0.4) is 0 Å². The third-order valence-electron chi connectivity index (χ3n) is 4.67. The molecule has 2 heterocycles. The van der Waals surface area contributed by atoms with Gasteiger partial charge in [-0.1, -0.05) is 36.4 Å². The molecule has 0 unspecified atom stereocenters. The lowest BCUT2D eigenvalue weighted by atomic mass is 10.0. The predicted molar refractivity (Wildman–Crippen MR) is 95.7 cm³/mol. The Morgan fingerprint density at radius 3 is 2.60 bits per heavy atom. The van der Waals surface area contributed by atoms with E-state index in [4.69, 9.17) is 0 Å². The molecule has 5 nitrogen and oxygen atoms in total. The van der Waals surface area contributed by atoms with Gasteiger partial charge in [-0.2, -0.15) is 0 Å². The van der Waals surface area contributed by atoms with Gasteiger partial charge in [0.15, 0.2) is 0 Å². The van der Waals surface area contributed by atoms with Gasteiger partial charge in [0.05, 0.1) is 6.04 Å². The van der Waals surface area contributed by atoms with Crippen LogP contribution in [0.2, 0.25) is 0 Å². The molecule has 0 N–H and O–H groups in total. The molecule has 0 spiro atoms. The molecule has 130 valence electrons. The quantitative estimate of drug-likeness (QED) is 0.861. The SMILES string of the molecule is CC(=O)N1CCN(C(=O)CCc2cccnc2)C[C@@H]1c1ccccc1. The van der Waals surface area contributed by atoms with E-state index in [1.54, 1.807) is 19.3 Å². The largest absolute Gasteiger partial charge is 0.338 e. The van der Waals surface area contributed by atoms with Crippen molar-refractivity contribution in [3.8, 4) is 0 Å². The topological polar surface area (TPSA) is 53.5 Å². The van der Waals surface area contributed by atoms with Crippen LogP contribution in [0.25, 0.3) is 0 Å². The van der Waals surface area contributed by atoms with Gasteiger partial charge >= 0.3 is 0 Å². The van der Waals surface area contributed by atoms with Gasteiger partial charge in [0, 0.05) is 45.4 Å². The Morgan fingerprint density at radius 1 is 1.12 bits per heavy atom. The number of carbonyl (C=O) groups is 2. The maximum absolute atomic E-state index is 12.6. The van der Waals surface area contributed by atoms with E-state index in [0.717, 1.165) is 11.1 Å². The zero-order chi connectivity index (χ0) is 17.6. The van der Waals surface area contributed by atoms with Crippen molar-refractivity contribution in [2.45, 2.75) is 25.8 Å². The van der Waals surface area contributed by atoms with Crippen LogP contribution >= 0.6 is 0 Å². The lowest BCUT2D eigenvalue weighted by Crippen LogP contribution is -2.51. The van der Waals surface area contributed by atoms with E-state index in [2.05, 4.69) is 4.98 Å². The molecule has 2 aromatic rings. The molecule has 0 saturated carbocycles. The highest BCUT2D eigenvalue weighted by Gasteiger charge is 2.31. The molecule has 1 fully saturated rings. The molecule has 1 aliphatic heterocycles. The fraction of sp³-hybridized carbons (Fsp3) is 0.350. The summed E-state index contributed by atoms with van der Waals surface area (Å²) in [5, 5.41) is 0. The molecule has 0 bridgehead atoms. The molecule has 3 rings (SSSR count). The molecule has 1 aromatic carbocycles. The van der Waals surface area contributed by atoms with Gasteiger partial charge in [-0.05, 0) is 23.6 Å². The Kier molecular flexibility index (Phi) is 5.43. The third kappa shape index (κ3) is 4.24. The fourth-order valence-electron chi connectivity index (χ4n) is 3.30. The second-order valence-corrected chi connectivity index (χ2v) is 6.34. The van der Waals surface area contributed by atoms with E-state index in [-0.39, 0.29) is 17.9 Å². The van der Waals surface area contributed by atoms with Crippen LogP contribution in [-0.4, -0.2) is 46.2 Å². The van der Waals surface area contributed by atoms with Crippen LogP contribution < -0.4 is 0 Å². The molecule has 1 aromatic heterocycles. The Morgan fingerprint density at radius 2 is 1.92 bits per heavy atom. The van der Waals surface area contributed by atoms with Gasteiger partial charge in [-0.15, -0.1) is 0 Å². The Bertz CT molecular complexity index is 718. The summed E-state index contributed by atoms with van der Waals surface area (Å²) in [5.74, 6) is 0.185. The smallest absolute Gasteiger partial charge is 0.223 e. The Balaban J connectivity index is 1.67. The average Bonchev–Trinajstić information content (AvgIpc) is 2.67. The molecule has 2 amide bonds. The number of hydrogen-bond donors (Lipinski definition) is 0. The standard InChI is InChI=1S/C20H23N3O2/c1-16(24)23-13-12-22(15-19(23)18-7-3-2-4-8-18)20(25)10-9-17-6-5-11-21-14-17/h2-8,11,14,19H,9-10,12-13,15H2,1H3/t19-/m1/s1. The molecular weight excluding hydrogens is 314 g/mol. The van der Waals surface area contributed by atoms with Crippen molar-refractivity contribution in [3.63, 3.8) is 0 Å². The number of pyridine rings is 1. The first kappa shape index (κ1) is 17.1. The van der Waals surface area contributed by atoms with Crippen LogP contribution in [0.15, 0.2) is 54.9 Å². The van der Waals surface area contributed by atoms with E-state index >= 15 is 0 Å². The predicted octanol–water partition coefficient (Wildman–Crippen LogP) is 2.45. The highest BCUT2D eigenvalue weighted by atomic mass is 16.2. The number of piperazine rings is 1. The van der Waals surface area contributed by atoms with Crippen LogP contribution in [0.5, 0.6) is 0 Å². The minimum atomic E-state index is -0.0743. The molecule has 0 radical (unpaired) electrons. The van der Waals surface area contributed by atoms with Gasteiger partial charge in [0.1, 0.15) is 0 Å². The van der Waals surface area contributed by atoms with Crippen molar-refractivity contribution < 1.29 is 9.59 Å². The van der Waals surface area contributed by atoms with E-state index in [0.29, 0.717) is 32.5 Å². The lowest BCUT2D eigenvalue weighted by molar-refractivity contribution is -0.141. The molecule has 1 aliphatic rings. The Labute approximate surface area is 148 Å². The van der Waals surface area contributed by atoms with Crippen molar-refractivity contribution in [2.24, 2.45) is 0 Å². The van der Waals surface area contributed by atoms with Crippen molar-refractivity contribution >= 4 is 11.8 Å². The van der Waals surface area contributed by atoms with Gasteiger partial charge in [-0.3, -0.25) is 14.6 Å². The summed E-state index contributed by atoms with van der Waals surface area (Å²) in [6.07, 6.45) is 4.69. The molecule has 25 heavy (non-hydrogen) atoms. The first-order chi connectivity index (χ1) is 12.1. The first-order valence-electron chi connectivity index (χ1n) is 8.64. The average molecular weight is 337 g/mol. The summed E-state index contributed by atoms with van der Waals surface area (Å²) in [5.41, 5.74) is 2.14. The van der Waals surface area contributed by atoms with Crippen LogP contribution in [-0.2, 0) is 16.0 Å². The van der Waals surface area contributed by atoms with E-state index < -0.39 is 0 Å². The molecule has 0 aliphatic carbocycles. The molecular formula is C20H23N3O2. The summed E-state index contributed by atoms with van der Waals surface area (Å²) in [6, 6.07) is 13.7. The van der Waals surface area contributed by atoms with Crippen LogP contribution in [0, 0.1) is 0 Å². The summed E-state index contributed by atoms with van der Waals surface area (Å²) in [6.45, 7) is 3.31. The van der Waals surface area contributed by atoms with E-state index in [9.17, 15) is 9.59 Å². The van der Waals surface area contributed by atoms with Gasteiger partial charge in [0.2, 0.25) is 11.8 Å². The summed E-state index contributed by atoms with van der Waals surface area (Å²) < 4.78 is 0. The third-order valence-corrected chi connectivity index (χ3v) is 4.67. The summed E-state index contributed by atoms with van der Waals surface area (Å²) >= 11 is 0. The number of amides is 2. The molecule has 5 heteroatoms. The normalized spacial score (nSPS) is 17.4. The van der Waals surface area contributed by atoms with Crippen LogP contribution in [0.1, 0.15) is 30.5 Å². The maximum atomic E-state index is 12.6. The highest BCUT2D eigenvalue weighted by molar-refractivity contribution is 5.78. The number of aromatic nitrogens is 1. The molecule has 1 atom stereocenters. The highest BCUT2D eigenvalue weighted by Crippen LogP contribution is 2.26. The van der Waals surface area contributed by atoms with E-state index in [1.807, 2.05) is 52.3 Å². The Hall–Kier alpha value is -2.69. The zero-order valence-corrected chi connectivity index (χ0v) is 14.5. The minimum absolute atomic E-state index is 0.0521. The zero-order valence-electron chi connectivity index (χ0n) is 14.5. The maximum Gasteiger partial charge on any atom is 0.223 e. The fourth-order valence-corrected chi connectivity index (χ4v) is 3.30.